The summed E-state index contributed by atoms with van der Waals surface area (Å²) in [5.74, 6) is 2.71. The van der Waals surface area contributed by atoms with Crippen LogP contribution in [0.2, 0.25) is 0 Å². The van der Waals surface area contributed by atoms with Crippen LogP contribution in [0.15, 0.2) is 45.9 Å². The number of benzene rings is 1. The largest absolute Gasteiger partial charge is 0.359 e. The molecule has 148 valence electrons. The highest BCUT2D eigenvalue weighted by molar-refractivity contribution is 14.0. The Labute approximate surface area is 179 Å². The molecule has 1 aromatic heterocycles. The Morgan fingerprint density at radius 2 is 1.96 bits per heavy atom. The van der Waals surface area contributed by atoms with Gasteiger partial charge in [0.15, 0.2) is 11.7 Å². The molecule has 27 heavy (non-hydrogen) atoms. The summed E-state index contributed by atoms with van der Waals surface area (Å²) in [6, 6.07) is 13.2. The van der Waals surface area contributed by atoms with Gasteiger partial charge < -0.3 is 15.2 Å². The van der Waals surface area contributed by atoms with Gasteiger partial charge >= 0.3 is 0 Å². The topological polar surface area (TPSA) is 62.5 Å². The Hall–Kier alpha value is -1.57. The highest BCUT2D eigenvalue weighted by Crippen LogP contribution is 2.40. The van der Waals surface area contributed by atoms with Crippen LogP contribution in [-0.4, -0.2) is 23.7 Å². The number of aliphatic imine (C=N–C) groups is 1. The maximum atomic E-state index is 5.48. The smallest absolute Gasteiger partial charge is 0.191 e. The van der Waals surface area contributed by atoms with Crippen LogP contribution in [-0.2, 0) is 6.54 Å². The summed E-state index contributed by atoms with van der Waals surface area (Å²) in [6.07, 6.45) is 3.31. The summed E-state index contributed by atoms with van der Waals surface area (Å²) in [6.45, 7) is 7.80. The fourth-order valence-corrected chi connectivity index (χ4v) is 3.38. The molecule has 1 aromatic carbocycles. The number of rotatable bonds is 8. The summed E-state index contributed by atoms with van der Waals surface area (Å²) >= 11 is 0. The lowest BCUT2D eigenvalue weighted by Crippen LogP contribution is -2.39. The molecular weight excluding hydrogens is 451 g/mol. The first-order valence-corrected chi connectivity index (χ1v) is 9.80. The van der Waals surface area contributed by atoms with Gasteiger partial charge in [-0.15, -0.1) is 24.0 Å². The zero-order valence-electron chi connectivity index (χ0n) is 16.4. The molecular formula is C21H31IN4O. The minimum atomic E-state index is 0. The molecule has 1 aliphatic rings. The van der Waals surface area contributed by atoms with Crippen LogP contribution in [0, 0.1) is 0 Å². The van der Waals surface area contributed by atoms with Gasteiger partial charge in [0.25, 0.3) is 0 Å². The summed E-state index contributed by atoms with van der Waals surface area (Å²) in [5, 5.41) is 11.1. The van der Waals surface area contributed by atoms with Gasteiger partial charge in [-0.05, 0) is 31.7 Å². The molecule has 3 rings (SSSR count). The lowest BCUT2D eigenvalue weighted by Gasteiger charge is -2.10. The zero-order valence-corrected chi connectivity index (χ0v) is 18.8. The van der Waals surface area contributed by atoms with Crippen LogP contribution in [0.3, 0.4) is 0 Å². The molecule has 2 unspecified atom stereocenters. The van der Waals surface area contributed by atoms with Crippen molar-refractivity contribution >= 4 is 29.9 Å². The first-order chi connectivity index (χ1) is 12.7. The Kier molecular flexibility index (Phi) is 8.60. The fraction of sp³-hybridized carbons (Fsp3) is 0.524. The number of hydrogen-bond acceptors (Lipinski definition) is 3. The normalized spacial score (nSPS) is 18.9. The third kappa shape index (κ3) is 5.96. The lowest BCUT2D eigenvalue weighted by atomic mass is 9.99. The summed E-state index contributed by atoms with van der Waals surface area (Å²) in [4.78, 5) is 4.68. The SMILES string of the molecule is CCNC(=NCc1cc(C(CC)CC)no1)NC1CC1c1ccccc1.I. The van der Waals surface area contributed by atoms with Gasteiger partial charge in [-0.25, -0.2) is 4.99 Å². The van der Waals surface area contributed by atoms with Gasteiger partial charge in [0.05, 0.1) is 5.69 Å². The van der Waals surface area contributed by atoms with E-state index in [4.69, 9.17) is 4.52 Å². The average Bonchev–Trinajstić information content (AvgIpc) is 3.28. The second-order valence-electron chi connectivity index (χ2n) is 6.93. The Balaban J connectivity index is 0.00000261. The number of nitrogens with zero attached hydrogens (tertiary/aromatic N) is 2. The monoisotopic (exact) mass is 482 g/mol. The van der Waals surface area contributed by atoms with Crippen LogP contribution in [0.25, 0.3) is 0 Å². The zero-order chi connectivity index (χ0) is 18.4. The Morgan fingerprint density at radius 3 is 2.63 bits per heavy atom. The fourth-order valence-electron chi connectivity index (χ4n) is 3.38. The van der Waals surface area contributed by atoms with E-state index in [-0.39, 0.29) is 24.0 Å². The number of hydrogen-bond donors (Lipinski definition) is 2. The first-order valence-electron chi connectivity index (χ1n) is 9.80. The van der Waals surface area contributed by atoms with E-state index in [0.717, 1.165) is 43.2 Å². The number of halogens is 1. The van der Waals surface area contributed by atoms with Gasteiger partial charge in [0.2, 0.25) is 0 Å². The minimum Gasteiger partial charge on any atom is -0.359 e. The van der Waals surface area contributed by atoms with E-state index in [1.54, 1.807) is 0 Å². The van der Waals surface area contributed by atoms with Crippen LogP contribution in [0.5, 0.6) is 0 Å². The van der Waals surface area contributed by atoms with Crippen LogP contribution in [0.1, 0.15) is 68.9 Å². The maximum Gasteiger partial charge on any atom is 0.191 e. The van der Waals surface area contributed by atoms with Crippen molar-refractivity contribution in [2.45, 2.75) is 64.5 Å². The summed E-state index contributed by atoms with van der Waals surface area (Å²) < 4.78 is 5.48. The van der Waals surface area contributed by atoms with E-state index in [2.05, 4.69) is 78.0 Å². The molecule has 2 atom stereocenters. The van der Waals surface area contributed by atoms with Gasteiger partial charge in [0.1, 0.15) is 6.54 Å². The number of aromatic nitrogens is 1. The molecule has 1 heterocycles. The van der Waals surface area contributed by atoms with E-state index >= 15 is 0 Å². The Bertz CT molecular complexity index is 712. The highest BCUT2D eigenvalue weighted by Gasteiger charge is 2.38. The van der Waals surface area contributed by atoms with E-state index in [1.807, 2.05) is 0 Å². The molecule has 5 nitrogen and oxygen atoms in total. The van der Waals surface area contributed by atoms with Crippen molar-refractivity contribution in [2.24, 2.45) is 4.99 Å². The minimum absolute atomic E-state index is 0. The van der Waals surface area contributed by atoms with Gasteiger partial charge in [-0.3, -0.25) is 0 Å². The van der Waals surface area contributed by atoms with Crippen molar-refractivity contribution in [3.63, 3.8) is 0 Å². The van der Waals surface area contributed by atoms with Crippen LogP contribution in [0.4, 0.5) is 0 Å². The molecule has 2 aromatic rings. The van der Waals surface area contributed by atoms with Crippen molar-refractivity contribution in [3.05, 3.63) is 53.4 Å². The molecule has 6 heteroatoms. The third-order valence-corrected chi connectivity index (χ3v) is 5.06. The van der Waals surface area contributed by atoms with Gasteiger partial charge in [-0.2, -0.15) is 0 Å². The van der Waals surface area contributed by atoms with Crippen molar-refractivity contribution in [2.75, 3.05) is 6.54 Å². The second-order valence-corrected chi connectivity index (χ2v) is 6.93. The molecule has 1 fully saturated rings. The quantitative estimate of drug-likeness (QED) is 0.322. The van der Waals surface area contributed by atoms with Crippen molar-refractivity contribution < 1.29 is 4.52 Å². The molecule has 0 radical (unpaired) electrons. The van der Waals surface area contributed by atoms with Gasteiger partial charge in [0, 0.05) is 30.5 Å². The van der Waals surface area contributed by atoms with Crippen LogP contribution >= 0.6 is 24.0 Å². The van der Waals surface area contributed by atoms with Crippen molar-refractivity contribution in [1.82, 2.24) is 15.8 Å². The molecule has 0 aliphatic heterocycles. The van der Waals surface area contributed by atoms with Gasteiger partial charge in [-0.1, -0.05) is 49.3 Å². The number of nitrogens with one attached hydrogen (secondary N) is 2. The predicted octanol–water partition coefficient (Wildman–Crippen LogP) is 4.81. The Morgan fingerprint density at radius 1 is 1.22 bits per heavy atom. The van der Waals surface area contributed by atoms with E-state index in [9.17, 15) is 0 Å². The van der Waals surface area contributed by atoms with Crippen LogP contribution < -0.4 is 10.6 Å². The van der Waals surface area contributed by atoms with Crippen molar-refractivity contribution in [1.29, 1.82) is 0 Å². The highest BCUT2D eigenvalue weighted by atomic mass is 127. The molecule has 0 spiro atoms. The predicted molar refractivity (Wildman–Crippen MR) is 121 cm³/mol. The summed E-state index contributed by atoms with van der Waals surface area (Å²) in [7, 11) is 0. The number of guanidine groups is 1. The second kappa shape index (κ2) is 10.7. The maximum absolute atomic E-state index is 5.48. The van der Waals surface area contributed by atoms with Crippen molar-refractivity contribution in [3.8, 4) is 0 Å². The molecule has 1 aliphatic carbocycles. The first kappa shape index (κ1) is 21.7. The molecule has 0 bridgehead atoms. The lowest BCUT2D eigenvalue weighted by molar-refractivity contribution is 0.372. The average molecular weight is 482 g/mol. The standard InChI is InChI=1S/C21H30N4O.HI/c1-4-15(5-2)19-12-17(26-25-19)14-23-21(22-6-3)24-20-13-18(20)16-10-8-7-9-11-16;/h7-12,15,18,20H,4-6,13-14H2,1-3H3,(H2,22,23,24);1H. The van der Waals surface area contributed by atoms with E-state index in [1.165, 1.54) is 5.56 Å². The van der Waals surface area contributed by atoms with E-state index < -0.39 is 0 Å². The third-order valence-electron chi connectivity index (χ3n) is 5.06. The molecule has 0 amide bonds. The molecule has 1 saturated carbocycles. The molecule has 0 saturated heterocycles. The molecule has 2 N–H and O–H groups in total. The summed E-state index contributed by atoms with van der Waals surface area (Å²) in [5.41, 5.74) is 2.44. The van der Waals surface area contributed by atoms with E-state index in [0.29, 0.717) is 24.4 Å².